The third-order valence-electron chi connectivity index (χ3n) is 3.07. The van der Waals surface area contributed by atoms with Crippen molar-refractivity contribution in [3.05, 3.63) is 0 Å². The van der Waals surface area contributed by atoms with Gasteiger partial charge in [0, 0.05) is 26.1 Å². The first-order valence-electron chi connectivity index (χ1n) is 6.34. The Morgan fingerprint density at radius 1 is 1.47 bits per heavy atom. The molecule has 1 rings (SSSR count). The minimum Gasteiger partial charge on any atom is -0.380 e. The molecular weight excluding hydrogens is 240 g/mol. The highest BCUT2D eigenvalue weighted by molar-refractivity contribution is 5.85. The van der Waals surface area contributed by atoms with Gasteiger partial charge < -0.3 is 15.0 Å². The molecule has 0 aromatic rings. The van der Waals surface area contributed by atoms with Crippen LogP contribution in [0.15, 0.2) is 0 Å². The van der Waals surface area contributed by atoms with Crippen molar-refractivity contribution in [3.8, 4) is 0 Å². The molecule has 1 amide bonds. The number of rotatable bonds is 7. The van der Waals surface area contributed by atoms with Crippen molar-refractivity contribution in [2.24, 2.45) is 5.92 Å². The molecule has 0 aliphatic carbocycles. The normalized spacial score (nSPS) is 18.8. The summed E-state index contributed by atoms with van der Waals surface area (Å²) in [7, 11) is 0. The molecule has 0 saturated carbocycles. The van der Waals surface area contributed by atoms with E-state index in [-0.39, 0.29) is 18.3 Å². The monoisotopic (exact) mass is 264 g/mol. The van der Waals surface area contributed by atoms with Crippen LogP contribution in [0.4, 0.5) is 0 Å². The summed E-state index contributed by atoms with van der Waals surface area (Å²) in [6.45, 7) is 8.93. The summed E-state index contributed by atoms with van der Waals surface area (Å²) < 4.78 is 5.28. The molecule has 0 bridgehead atoms. The summed E-state index contributed by atoms with van der Waals surface area (Å²) in [5, 5.41) is 3.29. The Balaban J connectivity index is 0.00000256. The van der Waals surface area contributed by atoms with Gasteiger partial charge in [-0.05, 0) is 39.3 Å². The van der Waals surface area contributed by atoms with Gasteiger partial charge in [-0.3, -0.25) is 4.79 Å². The van der Waals surface area contributed by atoms with Crippen molar-refractivity contribution in [3.63, 3.8) is 0 Å². The molecule has 5 heteroatoms. The highest BCUT2D eigenvalue weighted by Crippen LogP contribution is 2.13. The third kappa shape index (κ3) is 6.24. The summed E-state index contributed by atoms with van der Waals surface area (Å²) in [6, 6.07) is 0. The number of carbonyl (C=O) groups is 1. The van der Waals surface area contributed by atoms with Gasteiger partial charge in [-0.25, -0.2) is 0 Å². The van der Waals surface area contributed by atoms with Gasteiger partial charge >= 0.3 is 0 Å². The van der Waals surface area contributed by atoms with Gasteiger partial charge in [0.05, 0.1) is 6.61 Å². The number of nitrogens with one attached hydrogen (secondary N) is 1. The number of nitrogens with zero attached hydrogens (tertiary/aromatic N) is 1. The Kier molecular flexibility index (Phi) is 9.50. The average molecular weight is 265 g/mol. The molecule has 0 radical (unpaired) electrons. The Morgan fingerprint density at radius 3 is 2.76 bits per heavy atom. The molecular formula is C12H25ClN2O2. The minimum atomic E-state index is 0. The van der Waals surface area contributed by atoms with Gasteiger partial charge in [0.2, 0.25) is 5.91 Å². The molecule has 4 nitrogen and oxygen atoms in total. The molecule has 0 aromatic carbocycles. The first-order valence-corrected chi connectivity index (χ1v) is 6.34. The van der Waals surface area contributed by atoms with Crippen LogP contribution in [0, 0.1) is 5.92 Å². The fourth-order valence-electron chi connectivity index (χ4n) is 2.04. The zero-order chi connectivity index (χ0) is 11.8. The van der Waals surface area contributed by atoms with Crippen LogP contribution in [0.1, 0.15) is 26.7 Å². The number of ether oxygens (including phenoxy) is 1. The van der Waals surface area contributed by atoms with Crippen molar-refractivity contribution in [1.29, 1.82) is 0 Å². The second-order valence-electron chi connectivity index (χ2n) is 4.23. The summed E-state index contributed by atoms with van der Waals surface area (Å²) in [6.07, 6.45) is 1.82. The highest BCUT2D eigenvalue weighted by atomic mass is 35.5. The van der Waals surface area contributed by atoms with Crippen LogP contribution in [0.3, 0.4) is 0 Å². The van der Waals surface area contributed by atoms with E-state index in [0.717, 1.165) is 39.2 Å². The van der Waals surface area contributed by atoms with E-state index in [4.69, 9.17) is 4.74 Å². The Hall–Kier alpha value is -0.320. The Morgan fingerprint density at radius 2 is 2.24 bits per heavy atom. The molecule has 1 aliphatic rings. The second kappa shape index (κ2) is 9.68. The zero-order valence-corrected chi connectivity index (χ0v) is 11.7. The Bertz CT molecular complexity index is 209. The molecule has 1 atom stereocenters. The van der Waals surface area contributed by atoms with Crippen molar-refractivity contribution in [2.75, 3.05) is 39.4 Å². The van der Waals surface area contributed by atoms with E-state index in [1.807, 2.05) is 18.7 Å². The number of amides is 1. The molecule has 1 unspecified atom stereocenters. The number of hydrogen-bond donors (Lipinski definition) is 1. The first kappa shape index (κ1) is 16.7. The van der Waals surface area contributed by atoms with Crippen molar-refractivity contribution in [2.45, 2.75) is 26.7 Å². The summed E-state index contributed by atoms with van der Waals surface area (Å²) in [5.41, 5.74) is 0. The van der Waals surface area contributed by atoms with Crippen LogP contribution in [0.25, 0.3) is 0 Å². The van der Waals surface area contributed by atoms with Gasteiger partial charge in [-0.15, -0.1) is 12.4 Å². The van der Waals surface area contributed by atoms with E-state index in [2.05, 4.69) is 5.32 Å². The maximum absolute atomic E-state index is 12.0. The lowest BCUT2D eigenvalue weighted by Crippen LogP contribution is -2.35. The quantitative estimate of drug-likeness (QED) is 0.705. The lowest BCUT2D eigenvalue weighted by molar-refractivity contribution is -0.132. The summed E-state index contributed by atoms with van der Waals surface area (Å²) >= 11 is 0. The van der Waals surface area contributed by atoms with E-state index in [1.165, 1.54) is 0 Å². The smallest absolute Gasteiger partial charge is 0.222 e. The van der Waals surface area contributed by atoms with Crippen LogP contribution in [-0.2, 0) is 9.53 Å². The van der Waals surface area contributed by atoms with Gasteiger partial charge in [0.1, 0.15) is 0 Å². The number of hydrogen-bond acceptors (Lipinski definition) is 3. The van der Waals surface area contributed by atoms with Crippen LogP contribution in [-0.4, -0.2) is 50.2 Å². The molecule has 102 valence electrons. The van der Waals surface area contributed by atoms with E-state index < -0.39 is 0 Å². The number of halogens is 1. The van der Waals surface area contributed by atoms with Crippen molar-refractivity contribution >= 4 is 18.3 Å². The molecule has 1 heterocycles. The lowest BCUT2D eigenvalue weighted by Gasteiger charge is -2.22. The molecule has 17 heavy (non-hydrogen) atoms. The maximum Gasteiger partial charge on any atom is 0.222 e. The van der Waals surface area contributed by atoms with Gasteiger partial charge in [-0.1, -0.05) is 0 Å². The molecule has 1 N–H and O–H groups in total. The van der Waals surface area contributed by atoms with Crippen LogP contribution < -0.4 is 5.32 Å². The van der Waals surface area contributed by atoms with Crippen molar-refractivity contribution in [1.82, 2.24) is 10.2 Å². The first-order chi connectivity index (χ1) is 7.77. The second-order valence-corrected chi connectivity index (χ2v) is 4.23. The predicted octanol–water partition coefficient (Wildman–Crippen LogP) is 1.29. The van der Waals surface area contributed by atoms with E-state index in [1.54, 1.807) is 0 Å². The van der Waals surface area contributed by atoms with Crippen LogP contribution in [0.5, 0.6) is 0 Å². The number of carbonyl (C=O) groups excluding carboxylic acids is 1. The van der Waals surface area contributed by atoms with Crippen LogP contribution in [0.2, 0.25) is 0 Å². The summed E-state index contributed by atoms with van der Waals surface area (Å²) in [5.74, 6) is 0.810. The Labute approximate surface area is 110 Å². The van der Waals surface area contributed by atoms with Crippen molar-refractivity contribution < 1.29 is 9.53 Å². The average Bonchev–Trinajstić information content (AvgIpc) is 2.77. The largest absolute Gasteiger partial charge is 0.380 e. The molecule has 1 fully saturated rings. The highest BCUT2D eigenvalue weighted by Gasteiger charge is 2.20. The van der Waals surface area contributed by atoms with Gasteiger partial charge in [0.25, 0.3) is 0 Å². The van der Waals surface area contributed by atoms with E-state index in [9.17, 15) is 4.79 Å². The topological polar surface area (TPSA) is 41.6 Å². The zero-order valence-electron chi connectivity index (χ0n) is 10.9. The standard InChI is InChI=1S/C12H24N2O2.ClH/c1-3-14(7-8-16-4-2)12(15)9-11-5-6-13-10-11;/h11,13H,3-10H2,1-2H3;1H. The van der Waals surface area contributed by atoms with E-state index >= 15 is 0 Å². The van der Waals surface area contributed by atoms with Gasteiger partial charge in [0.15, 0.2) is 0 Å². The lowest BCUT2D eigenvalue weighted by atomic mass is 10.0. The van der Waals surface area contributed by atoms with E-state index in [0.29, 0.717) is 18.9 Å². The van der Waals surface area contributed by atoms with Gasteiger partial charge in [-0.2, -0.15) is 0 Å². The predicted molar refractivity (Wildman–Crippen MR) is 71.6 cm³/mol. The fraction of sp³-hybridized carbons (Fsp3) is 0.917. The minimum absolute atomic E-state index is 0. The number of likely N-dealkylation sites (N-methyl/N-ethyl adjacent to an activating group) is 1. The molecule has 0 aromatic heterocycles. The molecule has 1 aliphatic heterocycles. The molecule has 0 spiro atoms. The third-order valence-corrected chi connectivity index (χ3v) is 3.07. The maximum atomic E-state index is 12.0. The fourth-order valence-corrected chi connectivity index (χ4v) is 2.04. The molecule has 1 saturated heterocycles. The SMILES string of the molecule is CCOCCN(CC)C(=O)CC1CCNC1.Cl. The van der Waals surface area contributed by atoms with Crippen LogP contribution >= 0.6 is 12.4 Å². The summed E-state index contributed by atoms with van der Waals surface area (Å²) in [4.78, 5) is 13.9.